The number of aromatic nitrogens is 2. The molecule has 6 aromatic rings. The van der Waals surface area contributed by atoms with Gasteiger partial charge >= 0.3 is 0 Å². The Bertz CT molecular complexity index is 2220. The van der Waals surface area contributed by atoms with E-state index >= 15 is 0 Å². The second kappa shape index (κ2) is 8.68. The number of rotatable bonds is 2. The molecule has 224 valence electrons. The van der Waals surface area contributed by atoms with Crippen LogP contribution in [0.5, 0.6) is 0 Å². The third-order valence-corrected chi connectivity index (χ3v) is 13.1. The molecule has 1 heterocycles. The largest absolute Gasteiger partial charge is 0.292 e. The van der Waals surface area contributed by atoms with Crippen LogP contribution in [0.4, 0.5) is 0 Å². The van der Waals surface area contributed by atoms with Crippen molar-refractivity contribution in [2.75, 3.05) is 0 Å². The second-order valence-corrected chi connectivity index (χ2v) is 15.6. The van der Waals surface area contributed by atoms with Crippen molar-refractivity contribution in [3.05, 3.63) is 131 Å². The summed E-state index contributed by atoms with van der Waals surface area (Å²) in [6, 6.07) is 40.9. The third kappa shape index (κ3) is 2.98. The predicted octanol–water partition coefficient (Wildman–Crippen LogP) is 10.7. The smallest absolute Gasteiger partial charge is 0.146 e. The molecular formula is C44H38N2. The van der Waals surface area contributed by atoms with Gasteiger partial charge in [-0.2, -0.15) is 0 Å². The van der Waals surface area contributed by atoms with Crippen molar-refractivity contribution in [3.63, 3.8) is 0 Å². The minimum Gasteiger partial charge on any atom is -0.292 e. The average Bonchev–Trinajstić information content (AvgIpc) is 3.68. The van der Waals surface area contributed by atoms with Gasteiger partial charge in [0.25, 0.3) is 0 Å². The molecule has 0 saturated heterocycles. The molecule has 0 amide bonds. The van der Waals surface area contributed by atoms with Crippen molar-refractivity contribution >= 4 is 11.0 Å². The van der Waals surface area contributed by atoms with E-state index < -0.39 is 0 Å². The lowest BCUT2D eigenvalue weighted by molar-refractivity contribution is -0.0404. The Morgan fingerprint density at radius 1 is 0.587 bits per heavy atom. The molecule has 12 rings (SSSR count). The van der Waals surface area contributed by atoms with Crippen LogP contribution in [0.15, 0.2) is 109 Å². The summed E-state index contributed by atoms with van der Waals surface area (Å²) in [5.74, 6) is 4.35. The van der Waals surface area contributed by atoms with E-state index in [9.17, 15) is 0 Å². The van der Waals surface area contributed by atoms with Crippen LogP contribution in [-0.2, 0) is 10.8 Å². The van der Waals surface area contributed by atoms with Gasteiger partial charge in [0.2, 0.25) is 0 Å². The van der Waals surface area contributed by atoms with Crippen molar-refractivity contribution < 1.29 is 0 Å². The quantitative estimate of drug-likeness (QED) is 0.195. The van der Waals surface area contributed by atoms with Gasteiger partial charge < -0.3 is 0 Å². The zero-order chi connectivity index (χ0) is 30.4. The first kappa shape index (κ1) is 25.7. The summed E-state index contributed by atoms with van der Waals surface area (Å²) in [6.07, 6.45) is 7.06. The van der Waals surface area contributed by atoms with Crippen LogP contribution in [0.1, 0.15) is 68.2 Å². The topological polar surface area (TPSA) is 17.8 Å². The van der Waals surface area contributed by atoms with Crippen LogP contribution in [0.2, 0.25) is 0 Å². The summed E-state index contributed by atoms with van der Waals surface area (Å²) in [5.41, 5.74) is 16.7. The standard InChI is InChI=1S/C44H38N2/c1-43(2)35-16-8-7-15-32(35)39-34(42-45-37-18-10-11-19-38(37)46(42)30-12-4-3-5-13-30)25-33-31-14-6-9-17-36(31)44(40(33)41(39)43)28-21-26-20-27(23-28)24-29(44)22-26/h3-19,25-29H,20-24H2,1-2H3. The van der Waals surface area contributed by atoms with Crippen molar-refractivity contribution in [1.29, 1.82) is 0 Å². The fraction of sp³-hybridized carbons (Fsp3) is 0.295. The molecule has 0 radical (unpaired) electrons. The number of hydrogen-bond donors (Lipinski definition) is 0. The van der Waals surface area contributed by atoms with Gasteiger partial charge in [0.1, 0.15) is 5.82 Å². The maximum absolute atomic E-state index is 5.48. The number of nitrogens with zero attached hydrogens (tertiary/aromatic N) is 2. The summed E-state index contributed by atoms with van der Waals surface area (Å²) in [4.78, 5) is 5.48. The SMILES string of the molecule is CC1(C)c2ccccc2-c2c(-c3nc4ccccc4n3-c3ccccc3)cc3c(c21)C1(c2ccccc2-3)C2CC3CC(C2)CC1C3. The fourth-order valence-electron chi connectivity index (χ4n) is 11.8. The summed E-state index contributed by atoms with van der Waals surface area (Å²) in [7, 11) is 0. The molecule has 0 unspecified atom stereocenters. The minimum absolute atomic E-state index is 0.112. The Morgan fingerprint density at radius 3 is 1.98 bits per heavy atom. The van der Waals surface area contributed by atoms with Crippen LogP contribution in [0, 0.1) is 23.7 Å². The number of hydrogen-bond acceptors (Lipinski definition) is 1. The zero-order valence-electron chi connectivity index (χ0n) is 26.6. The Hall–Kier alpha value is -4.43. The molecule has 4 bridgehead atoms. The van der Waals surface area contributed by atoms with Crippen molar-refractivity contribution in [2.45, 2.75) is 56.8 Å². The first-order valence-corrected chi connectivity index (χ1v) is 17.5. The van der Waals surface area contributed by atoms with E-state index in [1.807, 2.05) is 0 Å². The van der Waals surface area contributed by atoms with Crippen molar-refractivity contribution in [1.82, 2.24) is 9.55 Å². The first-order chi connectivity index (χ1) is 22.5. The lowest BCUT2D eigenvalue weighted by atomic mass is 9.42. The van der Waals surface area contributed by atoms with Crippen LogP contribution in [-0.4, -0.2) is 9.55 Å². The number of para-hydroxylation sites is 3. The second-order valence-electron chi connectivity index (χ2n) is 15.6. The molecule has 2 heteroatoms. The lowest BCUT2D eigenvalue weighted by Gasteiger charge is -2.61. The fourth-order valence-corrected chi connectivity index (χ4v) is 11.8. The molecule has 4 saturated carbocycles. The normalized spacial score (nSPS) is 27.2. The highest BCUT2D eigenvalue weighted by molar-refractivity contribution is 6.00. The van der Waals surface area contributed by atoms with Crippen LogP contribution in [0.3, 0.4) is 0 Å². The maximum atomic E-state index is 5.48. The Kier molecular flexibility index (Phi) is 4.85. The highest BCUT2D eigenvalue weighted by Crippen LogP contribution is 2.72. The average molecular weight is 595 g/mol. The van der Waals surface area contributed by atoms with Crippen molar-refractivity contribution in [2.24, 2.45) is 23.7 Å². The first-order valence-electron chi connectivity index (χ1n) is 17.5. The number of imidazole rings is 1. The molecule has 5 aromatic carbocycles. The van der Waals surface area contributed by atoms with Gasteiger partial charge in [0.15, 0.2) is 0 Å². The summed E-state index contributed by atoms with van der Waals surface area (Å²) >= 11 is 0. The lowest BCUT2D eigenvalue weighted by Crippen LogP contribution is -2.55. The highest BCUT2D eigenvalue weighted by atomic mass is 15.1. The maximum Gasteiger partial charge on any atom is 0.146 e. The summed E-state index contributed by atoms with van der Waals surface area (Å²) < 4.78 is 2.41. The molecular weight excluding hydrogens is 556 g/mol. The minimum atomic E-state index is -0.112. The molecule has 2 nitrogen and oxygen atoms in total. The van der Waals surface area contributed by atoms with Gasteiger partial charge in [-0.25, -0.2) is 4.98 Å². The molecule has 6 aliphatic carbocycles. The van der Waals surface area contributed by atoms with Gasteiger partial charge in [0.05, 0.1) is 11.0 Å². The molecule has 1 spiro atoms. The van der Waals surface area contributed by atoms with Crippen LogP contribution in [0.25, 0.3) is 50.4 Å². The van der Waals surface area contributed by atoms with E-state index in [0.717, 1.165) is 46.2 Å². The molecule has 4 fully saturated rings. The molecule has 0 N–H and O–H groups in total. The van der Waals surface area contributed by atoms with E-state index in [-0.39, 0.29) is 10.8 Å². The van der Waals surface area contributed by atoms with E-state index in [4.69, 9.17) is 4.98 Å². The Balaban J connectivity index is 1.31. The van der Waals surface area contributed by atoms with E-state index in [1.165, 1.54) is 65.5 Å². The van der Waals surface area contributed by atoms with Gasteiger partial charge in [0, 0.05) is 22.1 Å². The van der Waals surface area contributed by atoms with Crippen molar-refractivity contribution in [3.8, 4) is 39.3 Å². The third-order valence-electron chi connectivity index (χ3n) is 13.1. The Labute approximate surface area is 271 Å². The Morgan fingerprint density at radius 2 is 1.22 bits per heavy atom. The van der Waals surface area contributed by atoms with E-state index in [1.54, 1.807) is 16.7 Å². The molecule has 46 heavy (non-hydrogen) atoms. The monoisotopic (exact) mass is 594 g/mol. The van der Waals surface area contributed by atoms with Crippen LogP contribution < -0.4 is 0 Å². The number of benzene rings is 5. The molecule has 1 aromatic heterocycles. The molecule has 0 atom stereocenters. The highest BCUT2D eigenvalue weighted by Gasteiger charge is 2.63. The molecule has 6 aliphatic rings. The van der Waals surface area contributed by atoms with Gasteiger partial charge in [-0.3, -0.25) is 4.57 Å². The number of fused-ring (bicyclic) bond motifs is 8. The summed E-state index contributed by atoms with van der Waals surface area (Å²) in [6.45, 7) is 5.02. The predicted molar refractivity (Wildman–Crippen MR) is 187 cm³/mol. The summed E-state index contributed by atoms with van der Waals surface area (Å²) in [5, 5.41) is 0. The van der Waals surface area contributed by atoms with Gasteiger partial charge in [-0.1, -0.05) is 92.7 Å². The van der Waals surface area contributed by atoms with Gasteiger partial charge in [-0.15, -0.1) is 0 Å². The zero-order valence-corrected chi connectivity index (χ0v) is 26.6. The van der Waals surface area contributed by atoms with E-state index in [2.05, 4.69) is 128 Å². The van der Waals surface area contributed by atoms with E-state index in [0.29, 0.717) is 0 Å². The van der Waals surface area contributed by atoms with Gasteiger partial charge in [-0.05, 0) is 131 Å². The molecule has 0 aliphatic heterocycles. The van der Waals surface area contributed by atoms with Crippen LogP contribution >= 0.6 is 0 Å².